The average molecular weight is 508 g/mol. The van der Waals surface area contributed by atoms with Crippen molar-refractivity contribution in [1.82, 2.24) is 10.3 Å². The number of aromatic nitrogens is 1. The number of nitrogens with zero attached hydrogens (tertiary/aromatic N) is 2. The van der Waals surface area contributed by atoms with Crippen molar-refractivity contribution in [3.8, 4) is 22.4 Å². The lowest BCUT2D eigenvalue weighted by atomic mass is 10.00. The molecule has 0 radical (unpaired) electrons. The van der Waals surface area contributed by atoms with Crippen molar-refractivity contribution in [3.63, 3.8) is 0 Å². The van der Waals surface area contributed by atoms with Crippen LogP contribution in [-0.2, 0) is 22.5 Å². The molecule has 0 spiro atoms. The van der Waals surface area contributed by atoms with Gasteiger partial charge in [0.2, 0.25) is 0 Å². The van der Waals surface area contributed by atoms with E-state index < -0.39 is 12.1 Å². The Balaban J connectivity index is 1.83. The molecule has 188 valence electrons. The van der Waals surface area contributed by atoms with Crippen LogP contribution in [0.2, 0.25) is 0 Å². The molecule has 1 atom stereocenters. The molecule has 0 saturated carbocycles. The normalized spacial score (nSPS) is 11.7. The number of hydrogen-bond acceptors (Lipinski definition) is 7. The number of amides is 1. The van der Waals surface area contributed by atoms with Crippen molar-refractivity contribution in [2.75, 3.05) is 7.11 Å². The highest BCUT2D eigenvalue weighted by molar-refractivity contribution is 7.17. The van der Waals surface area contributed by atoms with Crippen molar-refractivity contribution in [2.45, 2.75) is 52.9 Å². The lowest BCUT2D eigenvalue weighted by Crippen LogP contribution is -2.29. The molecule has 0 aliphatic heterocycles. The van der Waals surface area contributed by atoms with E-state index in [2.05, 4.69) is 16.4 Å². The Kier molecular flexibility index (Phi) is 8.80. The first-order chi connectivity index (χ1) is 17.1. The van der Waals surface area contributed by atoms with Crippen LogP contribution >= 0.6 is 11.3 Å². The minimum absolute atomic E-state index is 0.0704. The third-order valence-electron chi connectivity index (χ3n) is 5.42. The Hall–Kier alpha value is -3.74. The summed E-state index contributed by atoms with van der Waals surface area (Å²) >= 11 is 1.31. The van der Waals surface area contributed by atoms with Gasteiger partial charge in [0.25, 0.3) is 5.91 Å². The second-order valence-electron chi connectivity index (χ2n) is 8.65. The van der Waals surface area contributed by atoms with Gasteiger partial charge < -0.3 is 19.9 Å². The molecule has 0 aliphatic carbocycles. The van der Waals surface area contributed by atoms with Gasteiger partial charge in [0.1, 0.15) is 21.7 Å². The maximum absolute atomic E-state index is 13.0. The van der Waals surface area contributed by atoms with Crippen molar-refractivity contribution in [3.05, 3.63) is 69.2 Å². The number of nitrogens with one attached hydrogen (secondary N) is 1. The van der Waals surface area contributed by atoms with Gasteiger partial charge in [0.15, 0.2) is 6.10 Å². The van der Waals surface area contributed by atoms with Crippen molar-refractivity contribution in [2.24, 2.45) is 0 Å². The van der Waals surface area contributed by atoms with Gasteiger partial charge in [-0.3, -0.25) is 4.79 Å². The van der Waals surface area contributed by atoms with Gasteiger partial charge >= 0.3 is 5.97 Å². The largest absolute Gasteiger partial charge is 0.495 e. The van der Waals surface area contributed by atoms with E-state index in [-0.39, 0.29) is 30.5 Å². The molecule has 2 N–H and O–H groups in total. The molecular weight excluding hydrogens is 478 g/mol. The van der Waals surface area contributed by atoms with Crippen LogP contribution < -0.4 is 10.1 Å². The van der Waals surface area contributed by atoms with Crippen LogP contribution in [0.1, 0.15) is 51.5 Å². The zero-order chi connectivity index (χ0) is 26.4. The van der Waals surface area contributed by atoms with E-state index in [1.54, 1.807) is 32.9 Å². The first kappa shape index (κ1) is 26.9. The van der Waals surface area contributed by atoms with Gasteiger partial charge in [-0.15, -0.1) is 11.3 Å². The summed E-state index contributed by atoms with van der Waals surface area (Å²) in [6, 6.07) is 13.4. The summed E-state index contributed by atoms with van der Waals surface area (Å²) in [5.41, 5.74) is 4.13. The Morgan fingerprint density at radius 2 is 1.89 bits per heavy atom. The second-order valence-corrected chi connectivity index (χ2v) is 9.64. The fourth-order valence-electron chi connectivity index (χ4n) is 3.75. The summed E-state index contributed by atoms with van der Waals surface area (Å²) in [7, 11) is 1.45. The Labute approximate surface area is 214 Å². The van der Waals surface area contributed by atoms with Gasteiger partial charge in [0, 0.05) is 24.1 Å². The number of aliphatic carboxylic acids is 1. The molecule has 36 heavy (non-hydrogen) atoms. The van der Waals surface area contributed by atoms with Crippen LogP contribution in [0.3, 0.4) is 0 Å². The third kappa shape index (κ3) is 6.47. The van der Waals surface area contributed by atoms with Crippen molar-refractivity contribution in [1.29, 1.82) is 5.26 Å². The maximum atomic E-state index is 13.0. The van der Waals surface area contributed by atoms with E-state index in [1.807, 2.05) is 31.2 Å². The lowest BCUT2D eigenvalue weighted by molar-refractivity contribution is -0.153. The van der Waals surface area contributed by atoms with Crippen LogP contribution in [0.25, 0.3) is 10.6 Å². The Morgan fingerprint density at radius 3 is 2.47 bits per heavy atom. The molecule has 3 rings (SSSR count). The smallest absolute Gasteiger partial charge is 0.333 e. The SMILES string of the molecule is COc1c(C#N)cc(CC(OC(C)C)C(=O)O)cc1CNC(=O)c1sc(-c2ccc(C)cc2)nc1C. The van der Waals surface area contributed by atoms with E-state index in [4.69, 9.17) is 9.47 Å². The molecule has 9 heteroatoms. The molecular formula is C27H29N3O5S. The Morgan fingerprint density at radius 1 is 1.19 bits per heavy atom. The molecule has 1 unspecified atom stereocenters. The number of carbonyl (C=O) groups excluding carboxylic acids is 1. The Bertz CT molecular complexity index is 1290. The maximum Gasteiger partial charge on any atom is 0.333 e. The van der Waals surface area contributed by atoms with Gasteiger partial charge in [0.05, 0.1) is 24.5 Å². The summed E-state index contributed by atoms with van der Waals surface area (Å²) in [5, 5.41) is 22.8. The molecule has 1 heterocycles. The van der Waals surface area contributed by atoms with Gasteiger partial charge in [-0.1, -0.05) is 35.9 Å². The summed E-state index contributed by atoms with van der Waals surface area (Å²) in [5.74, 6) is -1.04. The number of nitriles is 1. The first-order valence-electron chi connectivity index (χ1n) is 11.4. The number of benzene rings is 2. The highest BCUT2D eigenvalue weighted by Crippen LogP contribution is 2.29. The zero-order valence-corrected chi connectivity index (χ0v) is 21.7. The lowest BCUT2D eigenvalue weighted by Gasteiger charge is -2.18. The highest BCUT2D eigenvalue weighted by atomic mass is 32.1. The first-order valence-corrected chi connectivity index (χ1v) is 12.2. The van der Waals surface area contributed by atoms with E-state index >= 15 is 0 Å². The predicted molar refractivity (Wildman–Crippen MR) is 137 cm³/mol. The minimum atomic E-state index is -1.09. The molecule has 0 fully saturated rings. The minimum Gasteiger partial charge on any atom is -0.495 e. The van der Waals surface area contributed by atoms with E-state index in [0.717, 1.165) is 16.1 Å². The number of methoxy groups -OCH3 is 1. The highest BCUT2D eigenvalue weighted by Gasteiger charge is 2.23. The van der Waals surface area contributed by atoms with Crippen LogP contribution in [0.5, 0.6) is 5.75 Å². The van der Waals surface area contributed by atoms with Crippen LogP contribution in [0.15, 0.2) is 36.4 Å². The van der Waals surface area contributed by atoms with E-state index in [1.165, 1.54) is 18.4 Å². The topological polar surface area (TPSA) is 122 Å². The molecule has 0 bridgehead atoms. The standard InChI is InChI=1S/C27H29N3O5S/c1-15(2)35-22(27(32)33)12-18-10-20(13-28)23(34-5)21(11-18)14-29-25(31)24-17(4)30-26(36-24)19-8-6-16(3)7-9-19/h6-11,15,22H,12,14H2,1-5H3,(H,29,31)(H,32,33). The fraction of sp³-hybridized carbons (Fsp3) is 0.333. The van der Waals surface area contributed by atoms with Crippen LogP contribution in [-0.4, -0.2) is 41.3 Å². The van der Waals surface area contributed by atoms with Crippen molar-refractivity contribution < 1.29 is 24.2 Å². The predicted octanol–water partition coefficient (Wildman–Crippen LogP) is 4.66. The van der Waals surface area contributed by atoms with Gasteiger partial charge in [-0.2, -0.15) is 5.26 Å². The average Bonchev–Trinajstić information content (AvgIpc) is 3.23. The number of aryl methyl sites for hydroxylation is 2. The fourth-order valence-corrected chi connectivity index (χ4v) is 4.73. The monoisotopic (exact) mass is 507 g/mol. The molecule has 8 nitrogen and oxygen atoms in total. The quantitative estimate of drug-likeness (QED) is 0.409. The molecule has 2 aromatic carbocycles. The number of ether oxygens (including phenoxy) is 2. The number of carboxylic acids is 1. The zero-order valence-electron chi connectivity index (χ0n) is 20.9. The molecule has 1 amide bonds. The number of thiazole rings is 1. The van der Waals surface area contributed by atoms with Crippen molar-refractivity contribution >= 4 is 23.2 Å². The summed E-state index contributed by atoms with van der Waals surface area (Å²) in [4.78, 5) is 29.7. The summed E-state index contributed by atoms with van der Waals surface area (Å²) < 4.78 is 11.0. The number of hydrogen-bond donors (Lipinski definition) is 2. The van der Waals surface area contributed by atoms with Crippen LogP contribution in [0, 0.1) is 25.2 Å². The molecule has 3 aromatic rings. The molecule has 0 saturated heterocycles. The number of rotatable bonds is 10. The second kappa shape index (κ2) is 11.8. The number of carboxylic acid groups (broad SMARTS) is 1. The van der Waals surface area contributed by atoms with Gasteiger partial charge in [-0.25, -0.2) is 9.78 Å². The van der Waals surface area contributed by atoms with Crippen LogP contribution in [0.4, 0.5) is 0 Å². The van der Waals surface area contributed by atoms with E-state index in [9.17, 15) is 20.0 Å². The third-order valence-corrected chi connectivity index (χ3v) is 6.63. The summed E-state index contributed by atoms with van der Waals surface area (Å²) in [6.07, 6.45) is -1.26. The molecule has 0 aliphatic rings. The van der Waals surface area contributed by atoms with E-state index in [0.29, 0.717) is 27.4 Å². The number of carbonyl (C=O) groups is 2. The molecule has 1 aromatic heterocycles. The van der Waals surface area contributed by atoms with Gasteiger partial charge in [-0.05, 0) is 39.3 Å². The summed E-state index contributed by atoms with van der Waals surface area (Å²) in [6.45, 7) is 7.41.